The Morgan fingerprint density at radius 3 is 2.46 bits per heavy atom. The van der Waals surface area contributed by atoms with E-state index < -0.39 is 35.0 Å². The third-order valence-electron chi connectivity index (χ3n) is 3.28. The summed E-state index contributed by atoms with van der Waals surface area (Å²) in [7, 11) is 0. The van der Waals surface area contributed by atoms with E-state index in [1.165, 1.54) is 18.2 Å². The molecule has 0 unspecified atom stereocenters. The average Bonchev–Trinajstić information content (AvgIpc) is 2.55. The van der Waals surface area contributed by atoms with Crippen molar-refractivity contribution >= 4 is 29.2 Å². The van der Waals surface area contributed by atoms with Gasteiger partial charge in [0.05, 0.1) is 34.0 Å². The van der Waals surface area contributed by atoms with E-state index in [2.05, 4.69) is 5.32 Å². The van der Waals surface area contributed by atoms with Gasteiger partial charge in [0.15, 0.2) is 0 Å². The van der Waals surface area contributed by atoms with Gasteiger partial charge < -0.3 is 10.1 Å². The molecule has 1 N–H and O–H groups in total. The number of alkyl halides is 3. The number of anilines is 1. The number of carbonyl (C=O) groups is 2. The van der Waals surface area contributed by atoms with E-state index >= 15 is 0 Å². The molecule has 0 saturated carbocycles. The summed E-state index contributed by atoms with van der Waals surface area (Å²) in [6.45, 7) is 1.78. The minimum Gasteiger partial charge on any atom is -0.462 e. The smallest absolute Gasteiger partial charge is 0.419 e. The van der Waals surface area contributed by atoms with Crippen LogP contribution in [-0.4, -0.2) is 18.5 Å². The van der Waals surface area contributed by atoms with Gasteiger partial charge in [-0.05, 0) is 37.3 Å². The molecule has 9 heteroatoms. The van der Waals surface area contributed by atoms with Crippen molar-refractivity contribution in [2.24, 2.45) is 0 Å². The van der Waals surface area contributed by atoms with Gasteiger partial charge in [-0.25, -0.2) is 9.18 Å². The van der Waals surface area contributed by atoms with Crippen LogP contribution in [0.15, 0.2) is 36.4 Å². The van der Waals surface area contributed by atoms with E-state index in [0.29, 0.717) is 6.07 Å². The normalized spacial score (nSPS) is 11.2. The molecule has 2 aromatic carbocycles. The molecular weight excluding hydrogens is 378 g/mol. The summed E-state index contributed by atoms with van der Waals surface area (Å²) in [6, 6.07) is 6.16. The van der Waals surface area contributed by atoms with E-state index in [1.54, 1.807) is 6.92 Å². The van der Waals surface area contributed by atoms with Crippen molar-refractivity contribution < 1.29 is 31.9 Å². The van der Waals surface area contributed by atoms with Crippen LogP contribution in [0, 0.1) is 5.82 Å². The maximum atomic E-state index is 14.0. The molecule has 0 atom stereocenters. The van der Waals surface area contributed by atoms with Crippen LogP contribution in [0.2, 0.25) is 5.02 Å². The first-order chi connectivity index (χ1) is 12.1. The minimum absolute atomic E-state index is 0.00141. The SMILES string of the molecule is CCOC(=O)c1ccc(NC(=O)c2cccc(C(F)(F)F)c2F)c(Cl)c1. The second-order valence-electron chi connectivity index (χ2n) is 5.03. The lowest BCUT2D eigenvalue weighted by Gasteiger charge is -2.12. The molecule has 0 heterocycles. The molecule has 0 spiro atoms. The zero-order chi connectivity index (χ0) is 19.5. The Labute approximate surface area is 150 Å². The van der Waals surface area contributed by atoms with Crippen LogP contribution in [0.3, 0.4) is 0 Å². The average molecular weight is 390 g/mol. The third kappa shape index (κ3) is 4.32. The summed E-state index contributed by atoms with van der Waals surface area (Å²) in [5, 5.41) is 2.15. The lowest BCUT2D eigenvalue weighted by atomic mass is 10.1. The van der Waals surface area contributed by atoms with Gasteiger partial charge in [-0.3, -0.25) is 4.79 Å². The first-order valence-electron chi connectivity index (χ1n) is 7.29. The van der Waals surface area contributed by atoms with Crippen LogP contribution in [0.1, 0.15) is 33.2 Å². The van der Waals surface area contributed by atoms with E-state index in [0.717, 1.165) is 12.1 Å². The first-order valence-corrected chi connectivity index (χ1v) is 7.66. The molecule has 138 valence electrons. The lowest BCUT2D eigenvalue weighted by Crippen LogP contribution is -2.17. The fourth-order valence-electron chi connectivity index (χ4n) is 2.07. The molecule has 0 aliphatic rings. The Morgan fingerprint density at radius 1 is 1.19 bits per heavy atom. The second-order valence-corrected chi connectivity index (χ2v) is 5.44. The molecule has 0 radical (unpaired) electrons. The highest BCUT2D eigenvalue weighted by Crippen LogP contribution is 2.33. The van der Waals surface area contributed by atoms with Crippen LogP contribution in [0.4, 0.5) is 23.2 Å². The van der Waals surface area contributed by atoms with Gasteiger partial charge >= 0.3 is 12.1 Å². The summed E-state index contributed by atoms with van der Waals surface area (Å²) in [6.07, 6.45) is -4.93. The lowest BCUT2D eigenvalue weighted by molar-refractivity contribution is -0.140. The molecule has 0 aliphatic heterocycles. The van der Waals surface area contributed by atoms with Gasteiger partial charge in [0.2, 0.25) is 0 Å². The van der Waals surface area contributed by atoms with Gasteiger partial charge in [0.1, 0.15) is 5.82 Å². The van der Waals surface area contributed by atoms with Crippen LogP contribution >= 0.6 is 11.6 Å². The number of ether oxygens (including phenoxy) is 1. The number of esters is 1. The van der Waals surface area contributed by atoms with Crippen molar-refractivity contribution in [1.82, 2.24) is 0 Å². The molecule has 26 heavy (non-hydrogen) atoms. The zero-order valence-electron chi connectivity index (χ0n) is 13.3. The quantitative estimate of drug-likeness (QED) is 0.596. The Morgan fingerprint density at radius 2 is 1.88 bits per heavy atom. The molecule has 0 saturated heterocycles. The van der Waals surface area contributed by atoms with Gasteiger partial charge in [-0.1, -0.05) is 17.7 Å². The monoisotopic (exact) mass is 389 g/mol. The van der Waals surface area contributed by atoms with Crippen molar-refractivity contribution in [3.05, 3.63) is 63.9 Å². The van der Waals surface area contributed by atoms with Crippen LogP contribution in [-0.2, 0) is 10.9 Å². The molecule has 0 bridgehead atoms. The second kappa shape index (κ2) is 7.74. The fraction of sp³-hybridized carbons (Fsp3) is 0.176. The molecule has 0 fully saturated rings. The topological polar surface area (TPSA) is 55.4 Å². The number of rotatable bonds is 4. The fourth-order valence-corrected chi connectivity index (χ4v) is 2.30. The minimum atomic E-state index is -4.93. The largest absolute Gasteiger partial charge is 0.462 e. The molecule has 1 amide bonds. The number of benzene rings is 2. The Kier molecular flexibility index (Phi) is 5.86. The zero-order valence-corrected chi connectivity index (χ0v) is 14.0. The highest BCUT2D eigenvalue weighted by atomic mass is 35.5. The Bertz CT molecular complexity index is 852. The van der Waals surface area contributed by atoms with Gasteiger partial charge in [0.25, 0.3) is 5.91 Å². The number of hydrogen-bond donors (Lipinski definition) is 1. The van der Waals surface area contributed by atoms with Crippen LogP contribution in [0.25, 0.3) is 0 Å². The number of hydrogen-bond acceptors (Lipinski definition) is 3. The van der Waals surface area contributed by atoms with E-state index in [4.69, 9.17) is 16.3 Å². The summed E-state index contributed by atoms with van der Waals surface area (Å²) >= 11 is 5.95. The van der Waals surface area contributed by atoms with E-state index in [-0.39, 0.29) is 22.9 Å². The highest BCUT2D eigenvalue weighted by Gasteiger charge is 2.35. The first kappa shape index (κ1) is 19.7. The number of halogens is 5. The van der Waals surface area contributed by atoms with Crippen molar-refractivity contribution in [2.75, 3.05) is 11.9 Å². The molecule has 0 aliphatic carbocycles. The molecule has 0 aromatic heterocycles. The van der Waals surface area contributed by atoms with Crippen molar-refractivity contribution in [3.8, 4) is 0 Å². The summed E-state index contributed by atoms with van der Waals surface area (Å²) in [4.78, 5) is 23.7. The molecule has 2 rings (SSSR count). The molecular formula is C17H12ClF4NO3. The predicted molar refractivity (Wildman–Crippen MR) is 86.8 cm³/mol. The maximum absolute atomic E-state index is 14.0. The van der Waals surface area contributed by atoms with Gasteiger partial charge in [0, 0.05) is 0 Å². The molecule has 4 nitrogen and oxygen atoms in total. The Hall–Kier alpha value is -2.61. The Balaban J connectivity index is 2.27. The summed E-state index contributed by atoms with van der Waals surface area (Å²) < 4.78 is 57.0. The third-order valence-corrected chi connectivity index (χ3v) is 3.59. The van der Waals surface area contributed by atoms with Crippen molar-refractivity contribution in [3.63, 3.8) is 0 Å². The van der Waals surface area contributed by atoms with Crippen molar-refractivity contribution in [1.29, 1.82) is 0 Å². The highest BCUT2D eigenvalue weighted by molar-refractivity contribution is 6.34. The summed E-state index contributed by atoms with van der Waals surface area (Å²) in [5.41, 5.74) is -2.21. The van der Waals surface area contributed by atoms with E-state index in [9.17, 15) is 27.2 Å². The van der Waals surface area contributed by atoms with Crippen LogP contribution in [0.5, 0.6) is 0 Å². The molecule has 2 aromatic rings. The summed E-state index contributed by atoms with van der Waals surface area (Å²) in [5.74, 6) is -3.42. The van der Waals surface area contributed by atoms with E-state index in [1.807, 2.05) is 0 Å². The maximum Gasteiger partial charge on any atom is 0.419 e. The number of nitrogens with one attached hydrogen (secondary N) is 1. The van der Waals surface area contributed by atoms with Gasteiger partial charge in [-0.2, -0.15) is 13.2 Å². The number of amides is 1. The van der Waals surface area contributed by atoms with Gasteiger partial charge in [-0.15, -0.1) is 0 Å². The van der Waals surface area contributed by atoms with Crippen molar-refractivity contribution in [2.45, 2.75) is 13.1 Å². The predicted octanol–water partition coefficient (Wildman–Crippen LogP) is 4.93. The van der Waals surface area contributed by atoms with Crippen LogP contribution < -0.4 is 5.32 Å². The standard InChI is InChI=1S/C17H12ClF4NO3/c1-2-26-16(25)9-6-7-13(12(18)8-9)23-15(24)10-4-3-5-11(14(10)19)17(20,21)22/h3-8H,2H2,1H3,(H,23,24). The number of carbonyl (C=O) groups excluding carboxylic acids is 2.